The van der Waals surface area contributed by atoms with E-state index in [-0.39, 0.29) is 11.0 Å². The van der Waals surface area contributed by atoms with Gasteiger partial charge in [-0.1, -0.05) is 60.7 Å². The molecule has 1 heterocycles. The molecule has 1 aliphatic rings. The molecule has 184 valence electrons. The molecule has 4 rings (SSSR count). The number of benzene rings is 3. The maximum atomic E-state index is 13.1. The van der Waals surface area contributed by atoms with E-state index in [9.17, 15) is 18.3 Å². The van der Waals surface area contributed by atoms with Gasteiger partial charge in [-0.25, -0.2) is 8.42 Å². The molecule has 4 atom stereocenters. The van der Waals surface area contributed by atoms with Crippen molar-refractivity contribution in [3.05, 3.63) is 90.5 Å². The van der Waals surface area contributed by atoms with Gasteiger partial charge in [0.25, 0.3) is 0 Å². The number of carboxylic acids is 1. The van der Waals surface area contributed by atoms with Crippen LogP contribution in [0.5, 0.6) is 0 Å². The molecule has 2 N–H and O–H groups in total. The van der Waals surface area contributed by atoms with Crippen molar-refractivity contribution >= 4 is 26.8 Å². The molecule has 0 bridgehead atoms. The number of fused-ring (bicyclic) bond motifs is 1. The molecule has 1 aliphatic heterocycles. The van der Waals surface area contributed by atoms with Gasteiger partial charge in [0.1, 0.15) is 6.04 Å². The number of carboxylic acid groups (broad SMARTS) is 1. The first kappa shape index (κ1) is 25.1. The molecule has 0 radical (unpaired) electrons. The smallest absolute Gasteiger partial charge is 0.322 e. The lowest BCUT2D eigenvalue weighted by molar-refractivity contribution is -0.141. The minimum atomic E-state index is -4.08. The summed E-state index contributed by atoms with van der Waals surface area (Å²) in [5.74, 6) is -1.83. The Morgan fingerprint density at radius 3 is 2.57 bits per heavy atom. The number of sulfonamides is 1. The second-order valence-electron chi connectivity index (χ2n) is 8.67. The highest BCUT2D eigenvalue weighted by atomic mass is 32.2. The van der Waals surface area contributed by atoms with Crippen molar-refractivity contribution in [3.8, 4) is 0 Å². The molecular formula is C27H29NO6S. The summed E-state index contributed by atoms with van der Waals surface area (Å²) in [6.45, 7) is 4.13. The van der Waals surface area contributed by atoms with Gasteiger partial charge in [0.2, 0.25) is 10.0 Å². The van der Waals surface area contributed by atoms with Crippen LogP contribution in [0.3, 0.4) is 0 Å². The first-order valence-corrected chi connectivity index (χ1v) is 12.9. The van der Waals surface area contributed by atoms with Gasteiger partial charge >= 0.3 is 5.97 Å². The van der Waals surface area contributed by atoms with Crippen molar-refractivity contribution < 1.29 is 27.8 Å². The number of nitrogens with one attached hydrogen (secondary N) is 1. The Kier molecular flexibility index (Phi) is 7.66. The number of aliphatic carboxylic acids is 1. The summed E-state index contributed by atoms with van der Waals surface area (Å²) in [6, 6.07) is 18.7. The molecule has 3 unspecified atom stereocenters. The van der Waals surface area contributed by atoms with Gasteiger partial charge < -0.3 is 14.6 Å². The van der Waals surface area contributed by atoms with E-state index in [1.165, 1.54) is 12.1 Å². The van der Waals surface area contributed by atoms with Crippen molar-refractivity contribution in [1.29, 1.82) is 0 Å². The molecule has 1 saturated heterocycles. The molecule has 7 nitrogen and oxygen atoms in total. The molecule has 35 heavy (non-hydrogen) atoms. The first-order valence-electron chi connectivity index (χ1n) is 11.4. The molecule has 0 aliphatic carbocycles. The summed E-state index contributed by atoms with van der Waals surface area (Å²) >= 11 is 0. The van der Waals surface area contributed by atoms with Crippen molar-refractivity contribution in [1.82, 2.24) is 4.72 Å². The summed E-state index contributed by atoms with van der Waals surface area (Å²) < 4.78 is 40.0. The normalized spacial score (nSPS) is 21.1. The van der Waals surface area contributed by atoms with E-state index >= 15 is 0 Å². The molecule has 1 fully saturated rings. The topological polar surface area (TPSA) is 102 Å². The maximum absolute atomic E-state index is 13.1. The molecule has 3 aromatic rings. The van der Waals surface area contributed by atoms with Gasteiger partial charge in [0.15, 0.2) is 0 Å². The van der Waals surface area contributed by atoms with Gasteiger partial charge in [-0.3, -0.25) is 4.79 Å². The fourth-order valence-corrected chi connectivity index (χ4v) is 5.97. The average molecular weight is 496 g/mol. The number of hydrogen-bond acceptors (Lipinski definition) is 5. The van der Waals surface area contributed by atoms with Crippen molar-refractivity contribution in [3.63, 3.8) is 0 Å². The van der Waals surface area contributed by atoms with Crippen LogP contribution in [0, 0.1) is 5.92 Å². The minimum Gasteiger partial charge on any atom is -0.480 e. The predicted molar refractivity (Wildman–Crippen MR) is 133 cm³/mol. The van der Waals surface area contributed by atoms with Crippen LogP contribution in [0.15, 0.2) is 84.3 Å². The lowest BCUT2D eigenvalue weighted by Crippen LogP contribution is -2.48. The number of carbonyl (C=O) groups is 1. The molecule has 0 aromatic heterocycles. The summed E-state index contributed by atoms with van der Waals surface area (Å²) in [5.41, 5.74) is 1.77. The van der Waals surface area contributed by atoms with E-state index in [4.69, 9.17) is 9.47 Å². The fraction of sp³-hybridized carbons (Fsp3) is 0.296. The second-order valence-corrected chi connectivity index (χ2v) is 10.4. The monoisotopic (exact) mass is 495 g/mol. The highest BCUT2D eigenvalue weighted by molar-refractivity contribution is 7.89. The molecule has 3 aromatic carbocycles. The van der Waals surface area contributed by atoms with E-state index in [1.54, 1.807) is 25.3 Å². The lowest BCUT2D eigenvalue weighted by atomic mass is 9.88. The summed E-state index contributed by atoms with van der Waals surface area (Å²) in [7, 11) is -2.53. The second kappa shape index (κ2) is 10.7. The zero-order chi connectivity index (χ0) is 25.0. The molecule has 0 spiro atoms. The van der Waals surface area contributed by atoms with E-state index in [0.29, 0.717) is 19.4 Å². The Bertz CT molecular complexity index is 1300. The Morgan fingerprint density at radius 2 is 1.89 bits per heavy atom. The number of rotatable bonds is 10. The largest absolute Gasteiger partial charge is 0.480 e. The van der Waals surface area contributed by atoms with Crippen LogP contribution < -0.4 is 4.72 Å². The van der Waals surface area contributed by atoms with Gasteiger partial charge in [0.05, 0.1) is 23.7 Å². The standard InChI is InChI=1S/C27H29NO6S/c1-3-7-24-23(16-25(34-24)22-11-6-9-19-8-4-5-10-21(19)22)26(27(29)30)28-35(31,32)20-14-12-18(13-15-20)17-33-2/h3-6,8-15,23-26,28H,1,7,16-17H2,2H3,(H,29,30)/t23?,24-,25?,26?/m0/s1. The Morgan fingerprint density at radius 1 is 1.17 bits per heavy atom. The maximum Gasteiger partial charge on any atom is 0.322 e. The Labute approximate surface area is 205 Å². The van der Waals surface area contributed by atoms with Crippen molar-refractivity contribution in [2.75, 3.05) is 7.11 Å². The number of hydrogen-bond donors (Lipinski definition) is 2. The zero-order valence-corrected chi connectivity index (χ0v) is 20.3. The van der Waals surface area contributed by atoms with Crippen molar-refractivity contribution in [2.45, 2.75) is 42.6 Å². The molecular weight excluding hydrogens is 466 g/mol. The van der Waals surface area contributed by atoms with Gasteiger partial charge in [-0.15, -0.1) is 6.58 Å². The number of methoxy groups -OCH3 is 1. The van der Waals surface area contributed by atoms with Crippen LogP contribution in [0.25, 0.3) is 10.8 Å². The fourth-order valence-electron chi connectivity index (χ4n) is 4.73. The third kappa shape index (κ3) is 5.46. The van der Waals surface area contributed by atoms with E-state index in [0.717, 1.165) is 21.9 Å². The number of ether oxygens (including phenoxy) is 2. The van der Waals surface area contributed by atoms with Crippen LogP contribution in [0.2, 0.25) is 0 Å². The Balaban J connectivity index is 1.62. The van der Waals surface area contributed by atoms with Crippen LogP contribution in [0.1, 0.15) is 30.1 Å². The summed E-state index contributed by atoms with van der Waals surface area (Å²) in [6.07, 6.45) is 1.58. The van der Waals surface area contributed by atoms with Gasteiger partial charge in [0, 0.05) is 13.0 Å². The summed E-state index contributed by atoms with van der Waals surface area (Å²) in [5, 5.41) is 12.1. The molecule has 0 saturated carbocycles. The molecule has 0 amide bonds. The van der Waals surface area contributed by atoms with Crippen LogP contribution in [0.4, 0.5) is 0 Å². The van der Waals surface area contributed by atoms with Crippen LogP contribution in [-0.2, 0) is 30.9 Å². The van der Waals surface area contributed by atoms with E-state index < -0.39 is 34.1 Å². The van der Waals surface area contributed by atoms with Crippen LogP contribution in [-0.4, -0.2) is 38.7 Å². The van der Waals surface area contributed by atoms with Crippen LogP contribution >= 0.6 is 0 Å². The predicted octanol–water partition coefficient (Wildman–Crippen LogP) is 4.44. The highest BCUT2D eigenvalue weighted by Crippen LogP contribution is 2.42. The Hall–Kier alpha value is -3.04. The third-order valence-electron chi connectivity index (χ3n) is 6.39. The van der Waals surface area contributed by atoms with Gasteiger partial charge in [-0.2, -0.15) is 4.72 Å². The average Bonchev–Trinajstić information content (AvgIpc) is 3.26. The first-order chi connectivity index (χ1) is 16.8. The van der Waals surface area contributed by atoms with Crippen molar-refractivity contribution in [2.24, 2.45) is 5.92 Å². The quantitative estimate of drug-likeness (QED) is 0.403. The van der Waals surface area contributed by atoms with Gasteiger partial charge in [-0.05, 0) is 46.9 Å². The lowest BCUT2D eigenvalue weighted by Gasteiger charge is -2.24. The zero-order valence-electron chi connectivity index (χ0n) is 19.5. The molecule has 8 heteroatoms. The summed E-state index contributed by atoms with van der Waals surface area (Å²) in [4.78, 5) is 12.3. The third-order valence-corrected chi connectivity index (χ3v) is 7.85. The van der Waals surface area contributed by atoms with E-state index in [2.05, 4.69) is 11.3 Å². The SMILES string of the molecule is C=CC[C@@H]1OC(c2cccc3ccccc23)CC1C(NS(=O)(=O)c1ccc(COC)cc1)C(=O)O. The van der Waals surface area contributed by atoms with E-state index in [1.807, 2.05) is 42.5 Å². The highest BCUT2D eigenvalue weighted by Gasteiger charge is 2.44. The minimum absolute atomic E-state index is 0.00612.